The number of aromatic nitrogens is 1. The number of fused-ring (bicyclic) bond motifs is 1. The standard InChI is InChI=1S/C15H14ClN3O2S/c1-2-13(20)17-10-5-8(6-10)14(21)18-9-3-4-12-11(7-9)19-15(16)22-12/h2-4,7-8,10H,1,5-6H2,(H,17,20)(H,18,21). The monoisotopic (exact) mass is 335 g/mol. The lowest BCUT2D eigenvalue weighted by molar-refractivity contribution is -0.125. The first-order chi connectivity index (χ1) is 10.5. The number of benzene rings is 1. The van der Waals surface area contributed by atoms with Gasteiger partial charge in [0.15, 0.2) is 4.47 Å². The first-order valence-corrected chi connectivity index (χ1v) is 8.04. The highest BCUT2D eigenvalue weighted by molar-refractivity contribution is 7.22. The van der Waals surface area contributed by atoms with Crippen molar-refractivity contribution in [3.8, 4) is 0 Å². The molecule has 1 aliphatic carbocycles. The molecule has 0 atom stereocenters. The van der Waals surface area contributed by atoms with Gasteiger partial charge in [0.2, 0.25) is 11.8 Å². The summed E-state index contributed by atoms with van der Waals surface area (Å²) in [7, 11) is 0. The normalized spacial score (nSPS) is 20.2. The van der Waals surface area contributed by atoms with E-state index in [4.69, 9.17) is 11.6 Å². The Hall–Kier alpha value is -1.92. The third-order valence-corrected chi connectivity index (χ3v) is 4.81. The third kappa shape index (κ3) is 3.13. The van der Waals surface area contributed by atoms with Crippen molar-refractivity contribution >= 4 is 50.7 Å². The Morgan fingerprint density at radius 2 is 2.18 bits per heavy atom. The van der Waals surface area contributed by atoms with E-state index in [2.05, 4.69) is 22.2 Å². The van der Waals surface area contributed by atoms with Crippen LogP contribution in [-0.2, 0) is 9.59 Å². The summed E-state index contributed by atoms with van der Waals surface area (Å²) >= 11 is 7.27. The molecule has 0 bridgehead atoms. The highest BCUT2D eigenvalue weighted by Crippen LogP contribution is 2.30. The molecule has 3 rings (SSSR count). The summed E-state index contributed by atoms with van der Waals surface area (Å²) in [6, 6.07) is 5.60. The van der Waals surface area contributed by atoms with Gasteiger partial charge < -0.3 is 10.6 Å². The molecule has 0 unspecified atom stereocenters. The van der Waals surface area contributed by atoms with E-state index < -0.39 is 0 Å². The van der Waals surface area contributed by atoms with Crippen LogP contribution >= 0.6 is 22.9 Å². The quantitative estimate of drug-likeness (QED) is 0.844. The average molecular weight is 336 g/mol. The van der Waals surface area contributed by atoms with Crippen LogP contribution < -0.4 is 10.6 Å². The van der Waals surface area contributed by atoms with E-state index in [9.17, 15) is 9.59 Å². The molecule has 7 heteroatoms. The van der Waals surface area contributed by atoms with Crippen LogP contribution in [0, 0.1) is 5.92 Å². The Labute approximate surface area is 136 Å². The molecule has 0 radical (unpaired) electrons. The van der Waals surface area contributed by atoms with Gasteiger partial charge >= 0.3 is 0 Å². The van der Waals surface area contributed by atoms with Gasteiger partial charge in [0, 0.05) is 17.6 Å². The number of hydrogen-bond acceptors (Lipinski definition) is 4. The number of nitrogens with zero attached hydrogens (tertiary/aromatic N) is 1. The van der Waals surface area contributed by atoms with Crippen molar-refractivity contribution in [1.29, 1.82) is 0 Å². The molecule has 5 nitrogen and oxygen atoms in total. The van der Waals surface area contributed by atoms with E-state index in [0.29, 0.717) is 23.0 Å². The fraction of sp³-hybridized carbons (Fsp3) is 0.267. The molecule has 1 aromatic heterocycles. The molecule has 2 amide bonds. The molecule has 1 saturated carbocycles. The minimum atomic E-state index is -0.199. The van der Waals surface area contributed by atoms with Crippen molar-refractivity contribution in [2.75, 3.05) is 5.32 Å². The molecule has 2 N–H and O–H groups in total. The van der Waals surface area contributed by atoms with Crippen LogP contribution in [0.5, 0.6) is 0 Å². The lowest BCUT2D eigenvalue weighted by Crippen LogP contribution is -2.47. The topological polar surface area (TPSA) is 71.1 Å². The maximum absolute atomic E-state index is 12.1. The van der Waals surface area contributed by atoms with Crippen LogP contribution in [0.25, 0.3) is 10.2 Å². The van der Waals surface area contributed by atoms with Crippen LogP contribution in [0.3, 0.4) is 0 Å². The van der Waals surface area contributed by atoms with Crippen LogP contribution in [0.4, 0.5) is 5.69 Å². The molecule has 1 heterocycles. The second-order valence-electron chi connectivity index (χ2n) is 5.22. The van der Waals surface area contributed by atoms with Crippen LogP contribution in [0.2, 0.25) is 4.47 Å². The van der Waals surface area contributed by atoms with E-state index in [1.807, 2.05) is 18.2 Å². The first kappa shape index (κ1) is 15.0. The zero-order valence-electron chi connectivity index (χ0n) is 11.6. The summed E-state index contributed by atoms with van der Waals surface area (Å²) in [6.45, 7) is 3.40. The van der Waals surface area contributed by atoms with Gasteiger partial charge in [-0.3, -0.25) is 9.59 Å². The first-order valence-electron chi connectivity index (χ1n) is 6.85. The van der Waals surface area contributed by atoms with Crippen molar-refractivity contribution in [3.63, 3.8) is 0 Å². The number of hydrogen-bond donors (Lipinski definition) is 2. The number of nitrogens with one attached hydrogen (secondary N) is 2. The number of anilines is 1. The van der Waals surface area contributed by atoms with Gasteiger partial charge in [0.25, 0.3) is 0 Å². The largest absolute Gasteiger partial charge is 0.350 e. The fourth-order valence-corrected chi connectivity index (χ4v) is 3.44. The number of carbonyl (C=O) groups excluding carboxylic acids is 2. The molecule has 1 fully saturated rings. The fourth-order valence-electron chi connectivity index (χ4n) is 2.43. The zero-order valence-corrected chi connectivity index (χ0v) is 13.2. The van der Waals surface area contributed by atoms with Crippen molar-refractivity contribution in [2.24, 2.45) is 5.92 Å². The van der Waals surface area contributed by atoms with Gasteiger partial charge in [-0.15, -0.1) is 11.3 Å². The number of thiazole rings is 1. The van der Waals surface area contributed by atoms with E-state index >= 15 is 0 Å². The van der Waals surface area contributed by atoms with E-state index in [0.717, 1.165) is 10.2 Å². The zero-order chi connectivity index (χ0) is 15.7. The van der Waals surface area contributed by atoms with Gasteiger partial charge in [0.1, 0.15) is 0 Å². The predicted octanol–water partition coefficient (Wildman–Crippen LogP) is 2.97. The van der Waals surface area contributed by atoms with E-state index in [1.54, 1.807) is 0 Å². The minimum absolute atomic E-state index is 0.0372. The van der Waals surface area contributed by atoms with Crippen molar-refractivity contribution < 1.29 is 9.59 Å². The van der Waals surface area contributed by atoms with Gasteiger partial charge in [-0.25, -0.2) is 4.98 Å². The lowest BCUT2D eigenvalue weighted by atomic mass is 9.79. The van der Waals surface area contributed by atoms with Crippen LogP contribution in [0.15, 0.2) is 30.9 Å². The maximum Gasteiger partial charge on any atom is 0.243 e. The summed E-state index contributed by atoms with van der Waals surface area (Å²) < 4.78 is 1.47. The lowest BCUT2D eigenvalue weighted by Gasteiger charge is -2.34. The number of carbonyl (C=O) groups is 2. The highest BCUT2D eigenvalue weighted by atomic mass is 35.5. The van der Waals surface area contributed by atoms with Gasteiger partial charge in [0.05, 0.1) is 10.2 Å². The molecular formula is C15H14ClN3O2S. The van der Waals surface area contributed by atoms with Crippen molar-refractivity contribution in [1.82, 2.24) is 10.3 Å². The summed E-state index contributed by atoms with van der Waals surface area (Å²) in [5.74, 6) is -0.315. The third-order valence-electron chi connectivity index (χ3n) is 3.67. The van der Waals surface area contributed by atoms with Crippen LogP contribution in [0.1, 0.15) is 12.8 Å². The van der Waals surface area contributed by atoms with Gasteiger partial charge in [-0.2, -0.15) is 0 Å². The Morgan fingerprint density at radius 3 is 2.91 bits per heavy atom. The molecule has 0 aliphatic heterocycles. The molecule has 0 saturated heterocycles. The Balaban J connectivity index is 1.57. The smallest absolute Gasteiger partial charge is 0.243 e. The predicted molar refractivity (Wildman–Crippen MR) is 88.1 cm³/mol. The summed E-state index contributed by atoms with van der Waals surface area (Å²) in [6.07, 6.45) is 2.54. The molecule has 114 valence electrons. The van der Waals surface area contributed by atoms with Crippen LogP contribution in [-0.4, -0.2) is 22.8 Å². The highest BCUT2D eigenvalue weighted by Gasteiger charge is 2.35. The van der Waals surface area contributed by atoms with Gasteiger partial charge in [-0.1, -0.05) is 18.2 Å². The van der Waals surface area contributed by atoms with Gasteiger partial charge in [-0.05, 0) is 37.1 Å². The van der Waals surface area contributed by atoms with Crippen molar-refractivity contribution in [2.45, 2.75) is 18.9 Å². The Morgan fingerprint density at radius 1 is 1.41 bits per heavy atom. The molecule has 1 aromatic carbocycles. The second kappa shape index (κ2) is 6.06. The Kier molecular flexibility index (Phi) is 4.13. The molecule has 0 spiro atoms. The summed E-state index contributed by atoms with van der Waals surface area (Å²) in [5.41, 5.74) is 1.48. The molecule has 22 heavy (non-hydrogen) atoms. The minimum Gasteiger partial charge on any atom is -0.350 e. The SMILES string of the molecule is C=CC(=O)NC1CC(C(=O)Nc2ccc3sc(Cl)nc3c2)C1. The summed E-state index contributed by atoms with van der Waals surface area (Å²) in [5, 5.41) is 5.66. The molecule has 2 aromatic rings. The maximum atomic E-state index is 12.1. The number of amides is 2. The van der Waals surface area contributed by atoms with E-state index in [-0.39, 0.29) is 23.8 Å². The Bertz CT molecular complexity index is 752. The van der Waals surface area contributed by atoms with E-state index in [1.165, 1.54) is 17.4 Å². The summed E-state index contributed by atoms with van der Waals surface area (Å²) in [4.78, 5) is 27.5. The molecule has 1 aliphatic rings. The number of rotatable bonds is 4. The molecular weight excluding hydrogens is 322 g/mol. The average Bonchev–Trinajstić information content (AvgIpc) is 2.81. The second-order valence-corrected chi connectivity index (χ2v) is 6.83. The van der Waals surface area contributed by atoms with Crippen molar-refractivity contribution in [3.05, 3.63) is 35.3 Å². The number of halogens is 1.